The Kier molecular flexibility index (Phi) is 9.69. The second-order valence-electron chi connectivity index (χ2n) is 8.88. The van der Waals surface area contributed by atoms with Gasteiger partial charge in [-0.2, -0.15) is 8.42 Å². The molecule has 4 atom stereocenters. The summed E-state index contributed by atoms with van der Waals surface area (Å²) in [6.07, 6.45) is 0. The molecule has 11 nitrogen and oxygen atoms in total. The summed E-state index contributed by atoms with van der Waals surface area (Å²) in [5, 5.41) is 13.3. The van der Waals surface area contributed by atoms with Crippen LogP contribution in [-0.2, 0) is 41.3 Å². The minimum absolute atomic E-state index is 0.167. The minimum Gasteiger partial charge on any atom is -0.460 e. The van der Waals surface area contributed by atoms with E-state index in [4.69, 9.17) is 16.2 Å². The number of benzene rings is 2. The number of amides is 1. The molecular weight excluding hydrogens is 502 g/mol. The fourth-order valence-corrected chi connectivity index (χ4v) is 4.73. The van der Waals surface area contributed by atoms with E-state index in [1.54, 1.807) is 50.2 Å². The van der Waals surface area contributed by atoms with E-state index in [9.17, 15) is 32.5 Å². The van der Waals surface area contributed by atoms with Gasteiger partial charge >= 0.3 is 16.1 Å². The number of carbonyl (C=O) groups is 3. The number of ketones is 1. The van der Waals surface area contributed by atoms with Crippen LogP contribution >= 0.6 is 0 Å². The Morgan fingerprint density at radius 2 is 1.51 bits per heavy atom. The van der Waals surface area contributed by atoms with Crippen molar-refractivity contribution in [3.05, 3.63) is 71.8 Å². The SMILES string of the molecule is CCNC(=O)C(O)(C(N)C(C(=O)OCc1ccccc1)(C(=O)[C@@H](N)C(C)C)c1ccccc1)S(=O)(=O)O. The van der Waals surface area contributed by atoms with Crippen molar-refractivity contribution in [3.63, 3.8) is 0 Å². The molecule has 12 heteroatoms. The molecule has 1 amide bonds. The maximum absolute atomic E-state index is 14.0. The van der Waals surface area contributed by atoms with E-state index in [0.29, 0.717) is 5.56 Å². The van der Waals surface area contributed by atoms with Crippen molar-refractivity contribution in [2.75, 3.05) is 6.54 Å². The van der Waals surface area contributed by atoms with Crippen LogP contribution in [0.15, 0.2) is 60.7 Å². The molecule has 0 spiro atoms. The molecule has 0 saturated carbocycles. The van der Waals surface area contributed by atoms with Gasteiger partial charge < -0.3 is 26.6 Å². The molecule has 0 aliphatic carbocycles. The zero-order valence-corrected chi connectivity index (χ0v) is 21.6. The molecule has 202 valence electrons. The third kappa shape index (κ3) is 5.73. The minimum atomic E-state index is -5.74. The van der Waals surface area contributed by atoms with Gasteiger partial charge in [-0.1, -0.05) is 74.5 Å². The van der Waals surface area contributed by atoms with Crippen molar-refractivity contribution >= 4 is 27.8 Å². The quantitative estimate of drug-likeness (QED) is 0.143. The zero-order chi connectivity index (χ0) is 28.0. The standard InChI is InChI=1S/C25H33N3O8S/c1-4-28-22(30)25(32,37(33,34)35)21(27)24(18-13-9-6-10-14-18,20(29)19(26)16(2)3)23(31)36-15-17-11-7-5-8-12-17/h5-14,16,19,21,32H,4,15,26-27H2,1-3H3,(H,28,30)(H,33,34,35)/t19-,21?,24?,25?/m0/s1. The van der Waals surface area contributed by atoms with Crippen molar-refractivity contribution in [3.8, 4) is 0 Å². The van der Waals surface area contributed by atoms with Crippen LogP contribution < -0.4 is 16.8 Å². The summed E-state index contributed by atoms with van der Waals surface area (Å²) in [5.41, 5.74) is 9.93. The summed E-state index contributed by atoms with van der Waals surface area (Å²) >= 11 is 0. The molecule has 0 fully saturated rings. The van der Waals surface area contributed by atoms with Gasteiger partial charge in [-0.15, -0.1) is 0 Å². The summed E-state index contributed by atoms with van der Waals surface area (Å²) in [6.45, 7) is 4.07. The lowest BCUT2D eigenvalue weighted by Crippen LogP contribution is -2.74. The highest BCUT2D eigenvalue weighted by molar-refractivity contribution is 7.88. The maximum atomic E-state index is 14.0. The van der Waals surface area contributed by atoms with Crippen LogP contribution in [-0.4, -0.2) is 59.3 Å². The molecule has 3 unspecified atom stereocenters. The van der Waals surface area contributed by atoms with Crippen LogP contribution in [0.3, 0.4) is 0 Å². The number of esters is 1. The van der Waals surface area contributed by atoms with Gasteiger partial charge in [0, 0.05) is 6.54 Å². The number of Topliss-reactive ketones (excluding diaryl/α,β-unsaturated/α-hetero) is 1. The van der Waals surface area contributed by atoms with Crippen molar-refractivity contribution < 1.29 is 37.2 Å². The molecule has 0 radical (unpaired) electrons. The van der Waals surface area contributed by atoms with Gasteiger partial charge in [0.15, 0.2) is 11.2 Å². The molecular formula is C25H33N3O8S. The number of carbonyl (C=O) groups excluding carboxylic acids is 3. The second-order valence-corrected chi connectivity index (χ2v) is 10.5. The lowest BCUT2D eigenvalue weighted by molar-refractivity contribution is -0.161. The van der Waals surface area contributed by atoms with Crippen LogP contribution in [0.25, 0.3) is 0 Å². The number of likely N-dealkylation sites (N-methyl/N-ethyl adjacent to an activating group) is 1. The monoisotopic (exact) mass is 535 g/mol. The van der Waals surface area contributed by atoms with E-state index in [0.717, 1.165) is 0 Å². The number of rotatable bonds is 12. The topological polar surface area (TPSA) is 199 Å². The molecule has 0 bridgehead atoms. The second kappa shape index (κ2) is 11.9. The first-order valence-corrected chi connectivity index (χ1v) is 13.0. The largest absolute Gasteiger partial charge is 0.460 e. The van der Waals surface area contributed by atoms with E-state index in [-0.39, 0.29) is 18.7 Å². The third-order valence-electron chi connectivity index (χ3n) is 6.12. The van der Waals surface area contributed by atoms with Crippen LogP contribution in [0.5, 0.6) is 0 Å². The van der Waals surface area contributed by atoms with Crippen molar-refractivity contribution in [2.24, 2.45) is 17.4 Å². The van der Waals surface area contributed by atoms with Crippen molar-refractivity contribution in [1.29, 1.82) is 0 Å². The molecule has 7 N–H and O–H groups in total. The Balaban J connectivity index is 2.89. The Bertz CT molecular complexity index is 1210. The van der Waals surface area contributed by atoms with E-state index >= 15 is 0 Å². The van der Waals surface area contributed by atoms with Crippen LogP contribution in [0.1, 0.15) is 31.9 Å². The van der Waals surface area contributed by atoms with Gasteiger partial charge in [-0.05, 0) is 24.0 Å². The molecule has 0 saturated heterocycles. The first kappa shape index (κ1) is 30.1. The summed E-state index contributed by atoms with van der Waals surface area (Å²) < 4.78 is 40.4. The summed E-state index contributed by atoms with van der Waals surface area (Å²) in [5.74, 6) is -4.67. The average Bonchev–Trinajstić information content (AvgIpc) is 2.87. The lowest BCUT2D eigenvalue weighted by atomic mass is 9.66. The molecule has 37 heavy (non-hydrogen) atoms. The first-order valence-electron chi connectivity index (χ1n) is 11.6. The van der Waals surface area contributed by atoms with Gasteiger partial charge in [0.2, 0.25) is 0 Å². The Labute approximate surface area is 215 Å². The molecule has 2 aromatic carbocycles. The van der Waals surface area contributed by atoms with Crippen LogP contribution in [0.4, 0.5) is 0 Å². The smallest absolute Gasteiger partial charge is 0.326 e. The Morgan fingerprint density at radius 1 is 1.00 bits per heavy atom. The highest BCUT2D eigenvalue weighted by Gasteiger charge is 2.68. The number of nitrogens with one attached hydrogen (secondary N) is 1. The zero-order valence-electron chi connectivity index (χ0n) is 20.8. The predicted molar refractivity (Wildman–Crippen MR) is 135 cm³/mol. The van der Waals surface area contributed by atoms with Gasteiger partial charge in [0.25, 0.3) is 10.8 Å². The molecule has 0 aromatic heterocycles. The lowest BCUT2D eigenvalue weighted by Gasteiger charge is -2.42. The van der Waals surface area contributed by atoms with Gasteiger partial charge in [0.05, 0.1) is 12.1 Å². The van der Waals surface area contributed by atoms with Crippen LogP contribution in [0.2, 0.25) is 0 Å². The highest BCUT2D eigenvalue weighted by atomic mass is 32.2. The first-order chi connectivity index (χ1) is 17.3. The van der Waals surface area contributed by atoms with Crippen LogP contribution in [0, 0.1) is 5.92 Å². The number of hydrogen-bond donors (Lipinski definition) is 5. The number of ether oxygens (including phenoxy) is 1. The summed E-state index contributed by atoms with van der Waals surface area (Å²) in [4.78, 5) is 37.0. The van der Waals surface area contributed by atoms with E-state index in [1.807, 2.05) is 0 Å². The van der Waals surface area contributed by atoms with Crippen molar-refractivity contribution in [1.82, 2.24) is 5.32 Å². The van der Waals surface area contributed by atoms with E-state index in [2.05, 4.69) is 5.32 Å². The van der Waals surface area contributed by atoms with Gasteiger partial charge in [-0.3, -0.25) is 18.9 Å². The fourth-order valence-electron chi connectivity index (χ4n) is 3.92. The summed E-state index contributed by atoms with van der Waals surface area (Å²) in [6, 6.07) is 11.4. The van der Waals surface area contributed by atoms with Crippen molar-refractivity contribution in [2.45, 2.75) is 49.8 Å². The summed E-state index contributed by atoms with van der Waals surface area (Å²) in [7, 11) is -5.74. The average molecular weight is 536 g/mol. The Hall–Kier alpha value is -3.16. The number of aliphatic hydroxyl groups is 1. The molecule has 0 aliphatic rings. The van der Waals surface area contributed by atoms with Gasteiger partial charge in [0.1, 0.15) is 6.61 Å². The third-order valence-corrected chi connectivity index (χ3v) is 7.34. The highest BCUT2D eigenvalue weighted by Crippen LogP contribution is 2.39. The Morgan fingerprint density at radius 3 is 1.97 bits per heavy atom. The molecule has 0 heterocycles. The predicted octanol–water partition coefficient (Wildman–Crippen LogP) is 0.260. The van der Waals surface area contributed by atoms with E-state index in [1.165, 1.54) is 31.2 Å². The normalized spacial score (nSPS) is 16.6. The fraction of sp³-hybridized carbons (Fsp3) is 0.400. The molecule has 2 aromatic rings. The number of nitrogens with two attached hydrogens (primary N) is 2. The molecule has 0 aliphatic heterocycles. The van der Waals surface area contributed by atoms with E-state index < -0.39 is 56.1 Å². The molecule has 2 rings (SSSR count). The number of hydrogen-bond acceptors (Lipinski definition) is 9. The van der Waals surface area contributed by atoms with Gasteiger partial charge in [-0.25, -0.2) is 0 Å². The maximum Gasteiger partial charge on any atom is 0.326 e.